The number of carbonyl (C=O) groups is 1. The van der Waals surface area contributed by atoms with E-state index < -0.39 is 0 Å². The molecule has 1 aliphatic rings. The van der Waals surface area contributed by atoms with Crippen LogP contribution >= 0.6 is 0 Å². The summed E-state index contributed by atoms with van der Waals surface area (Å²) in [6.07, 6.45) is 2.00. The van der Waals surface area contributed by atoms with Gasteiger partial charge in [0.15, 0.2) is 0 Å². The lowest BCUT2D eigenvalue weighted by molar-refractivity contribution is 0.00528. The molecule has 1 atom stereocenters. The van der Waals surface area contributed by atoms with Crippen LogP contribution in [0.4, 0.5) is 0 Å². The zero-order valence-electron chi connectivity index (χ0n) is 12.1. The highest BCUT2D eigenvalue weighted by Crippen LogP contribution is 2.20. The van der Waals surface area contributed by atoms with Crippen molar-refractivity contribution in [3.63, 3.8) is 0 Å². The number of rotatable bonds is 5. The minimum absolute atomic E-state index is 0.140. The summed E-state index contributed by atoms with van der Waals surface area (Å²) in [6.45, 7) is 5.52. The molecule has 1 amide bonds. The molecule has 2 heterocycles. The van der Waals surface area contributed by atoms with E-state index in [9.17, 15) is 9.90 Å². The largest absolute Gasteiger partial charge is 0.466 e. The normalized spacial score (nSPS) is 17.9. The summed E-state index contributed by atoms with van der Waals surface area (Å²) in [6, 6.07) is 1.74. The first kappa shape index (κ1) is 15.1. The van der Waals surface area contributed by atoms with Gasteiger partial charge >= 0.3 is 0 Å². The van der Waals surface area contributed by atoms with Crippen molar-refractivity contribution in [2.24, 2.45) is 5.92 Å². The second-order valence-corrected chi connectivity index (χ2v) is 5.39. The molecule has 1 saturated heterocycles. The van der Waals surface area contributed by atoms with E-state index in [-0.39, 0.29) is 12.0 Å². The number of aliphatic hydroxyl groups is 1. The van der Waals surface area contributed by atoms with Crippen molar-refractivity contribution in [2.75, 3.05) is 19.8 Å². The Morgan fingerprint density at radius 3 is 2.75 bits per heavy atom. The van der Waals surface area contributed by atoms with Crippen molar-refractivity contribution in [1.82, 2.24) is 5.32 Å². The van der Waals surface area contributed by atoms with E-state index in [4.69, 9.17) is 9.15 Å². The summed E-state index contributed by atoms with van der Waals surface area (Å²) in [5.74, 6) is 1.51. The third kappa shape index (κ3) is 3.84. The maximum atomic E-state index is 12.0. The Kier molecular flexibility index (Phi) is 5.20. The molecule has 1 fully saturated rings. The Bertz CT molecular complexity index is 449. The standard InChI is InChI=1S/C15H23NO4/c1-10-9-13(11(2)20-10)15(18)16-6-3-14(17)12-4-7-19-8-5-12/h9,12,14,17H,3-8H2,1-2H3,(H,16,18)/t14-/m0/s1. The third-order valence-electron chi connectivity index (χ3n) is 3.82. The molecule has 0 aromatic carbocycles. The number of furan rings is 1. The summed E-state index contributed by atoms with van der Waals surface area (Å²) in [5.41, 5.74) is 0.572. The molecule has 20 heavy (non-hydrogen) atoms. The second kappa shape index (κ2) is 6.90. The van der Waals surface area contributed by atoms with Gasteiger partial charge in [0.2, 0.25) is 0 Å². The van der Waals surface area contributed by atoms with Gasteiger partial charge in [0, 0.05) is 19.8 Å². The van der Waals surface area contributed by atoms with Crippen molar-refractivity contribution in [2.45, 2.75) is 39.2 Å². The van der Waals surface area contributed by atoms with Crippen molar-refractivity contribution in [3.8, 4) is 0 Å². The fourth-order valence-electron chi connectivity index (χ4n) is 2.62. The van der Waals surface area contributed by atoms with Crippen LogP contribution in [0.15, 0.2) is 10.5 Å². The quantitative estimate of drug-likeness (QED) is 0.863. The van der Waals surface area contributed by atoms with Crippen molar-refractivity contribution in [1.29, 1.82) is 0 Å². The molecule has 0 aliphatic carbocycles. The van der Waals surface area contributed by atoms with Crippen LogP contribution in [-0.4, -0.2) is 36.9 Å². The molecule has 1 aromatic rings. The SMILES string of the molecule is Cc1cc(C(=O)NCC[C@H](O)C2CCOCC2)c(C)o1. The summed E-state index contributed by atoms with van der Waals surface area (Å²) in [7, 11) is 0. The number of nitrogens with one attached hydrogen (secondary N) is 1. The average Bonchev–Trinajstić information content (AvgIpc) is 2.78. The van der Waals surface area contributed by atoms with Crippen molar-refractivity contribution >= 4 is 5.91 Å². The first-order chi connectivity index (χ1) is 9.58. The van der Waals surface area contributed by atoms with Crippen molar-refractivity contribution in [3.05, 3.63) is 23.2 Å². The average molecular weight is 281 g/mol. The van der Waals surface area contributed by atoms with Crippen LogP contribution in [0, 0.1) is 19.8 Å². The van der Waals surface area contributed by atoms with Crippen LogP contribution < -0.4 is 5.32 Å². The number of amides is 1. The Morgan fingerprint density at radius 2 is 2.15 bits per heavy atom. The smallest absolute Gasteiger partial charge is 0.254 e. The number of hydrogen-bond donors (Lipinski definition) is 2. The molecule has 0 spiro atoms. The minimum Gasteiger partial charge on any atom is -0.466 e. The molecule has 0 unspecified atom stereocenters. The third-order valence-corrected chi connectivity index (χ3v) is 3.82. The molecule has 0 saturated carbocycles. The number of ether oxygens (including phenoxy) is 1. The second-order valence-electron chi connectivity index (χ2n) is 5.39. The summed E-state index contributed by atoms with van der Waals surface area (Å²) >= 11 is 0. The van der Waals surface area contributed by atoms with Crippen LogP contribution in [0.2, 0.25) is 0 Å². The van der Waals surface area contributed by atoms with E-state index in [1.165, 1.54) is 0 Å². The molecule has 5 heteroatoms. The Balaban J connectivity index is 1.75. The van der Waals surface area contributed by atoms with E-state index >= 15 is 0 Å². The van der Waals surface area contributed by atoms with E-state index in [2.05, 4.69) is 5.32 Å². The van der Waals surface area contributed by atoms with Gasteiger partial charge in [-0.25, -0.2) is 0 Å². The predicted octanol–water partition coefficient (Wildman–Crippen LogP) is 1.80. The molecule has 112 valence electrons. The number of hydrogen-bond acceptors (Lipinski definition) is 4. The van der Waals surface area contributed by atoms with Gasteiger partial charge in [-0.05, 0) is 45.1 Å². The van der Waals surface area contributed by atoms with Crippen LogP contribution in [-0.2, 0) is 4.74 Å². The topological polar surface area (TPSA) is 71.7 Å². The minimum atomic E-state index is -0.369. The summed E-state index contributed by atoms with van der Waals surface area (Å²) < 4.78 is 10.6. The number of aryl methyl sites for hydroxylation is 2. The van der Waals surface area contributed by atoms with Gasteiger partial charge in [0.1, 0.15) is 11.5 Å². The summed E-state index contributed by atoms with van der Waals surface area (Å²) in [5, 5.41) is 12.9. The van der Waals surface area contributed by atoms with Gasteiger partial charge < -0.3 is 19.6 Å². The first-order valence-corrected chi connectivity index (χ1v) is 7.19. The fourth-order valence-corrected chi connectivity index (χ4v) is 2.62. The number of carbonyl (C=O) groups excluding carboxylic acids is 1. The fraction of sp³-hybridized carbons (Fsp3) is 0.667. The molecule has 2 N–H and O–H groups in total. The lowest BCUT2D eigenvalue weighted by Gasteiger charge is -2.26. The van der Waals surface area contributed by atoms with Gasteiger partial charge in [0.05, 0.1) is 11.7 Å². The maximum Gasteiger partial charge on any atom is 0.254 e. The molecule has 1 aliphatic heterocycles. The van der Waals surface area contributed by atoms with E-state index in [0.717, 1.165) is 31.8 Å². The monoisotopic (exact) mass is 281 g/mol. The highest BCUT2D eigenvalue weighted by Gasteiger charge is 2.22. The van der Waals surface area contributed by atoms with Gasteiger partial charge in [-0.15, -0.1) is 0 Å². The van der Waals surface area contributed by atoms with Crippen LogP contribution in [0.25, 0.3) is 0 Å². The van der Waals surface area contributed by atoms with Gasteiger partial charge in [-0.1, -0.05) is 0 Å². The zero-order chi connectivity index (χ0) is 14.5. The molecular weight excluding hydrogens is 258 g/mol. The Labute approximate surface area is 119 Å². The van der Waals surface area contributed by atoms with Gasteiger partial charge in [-0.3, -0.25) is 4.79 Å². The van der Waals surface area contributed by atoms with Crippen LogP contribution in [0.1, 0.15) is 41.1 Å². The van der Waals surface area contributed by atoms with Crippen LogP contribution in [0.5, 0.6) is 0 Å². The number of aliphatic hydroxyl groups excluding tert-OH is 1. The Hall–Kier alpha value is -1.33. The van der Waals surface area contributed by atoms with Crippen molar-refractivity contribution < 1.29 is 19.1 Å². The lowest BCUT2D eigenvalue weighted by Crippen LogP contribution is -2.32. The highest BCUT2D eigenvalue weighted by atomic mass is 16.5. The first-order valence-electron chi connectivity index (χ1n) is 7.19. The highest BCUT2D eigenvalue weighted by molar-refractivity contribution is 5.95. The lowest BCUT2D eigenvalue weighted by atomic mass is 9.92. The molecular formula is C15H23NO4. The maximum absolute atomic E-state index is 12.0. The Morgan fingerprint density at radius 1 is 1.45 bits per heavy atom. The van der Waals surface area contributed by atoms with Gasteiger partial charge in [-0.2, -0.15) is 0 Å². The molecule has 5 nitrogen and oxygen atoms in total. The summed E-state index contributed by atoms with van der Waals surface area (Å²) in [4.78, 5) is 12.0. The molecule has 0 bridgehead atoms. The van der Waals surface area contributed by atoms with Gasteiger partial charge in [0.25, 0.3) is 5.91 Å². The van der Waals surface area contributed by atoms with Crippen LogP contribution in [0.3, 0.4) is 0 Å². The zero-order valence-corrected chi connectivity index (χ0v) is 12.1. The molecule has 0 radical (unpaired) electrons. The van der Waals surface area contributed by atoms with E-state index in [1.54, 1.807) is 13.0 Å². The van der Waals surface area contributed by atoms with E-state index in [0.29, 0.717) is 30.2 Å². The molecule has 1 aromatic heterocycles. The van der Waals surface area contributed by atoms with E-state index in [1.807, 2.05) is 6.92 Å². The predicted molar refractivity (Wildman–Crippen MR) is 74.7 cm³/mol. The molecule has 2 rings (SSSR count).